The maximum Gasteiger partial charge on any atom is 0.310 e. The lowest BCUT2D eigenvalue weighted by atomic mass is 9.98. The van der Waals surface area contributed by atoms with Crippen molar-refractivity contribution in [2.45, 2.75) is 26.7 Å². The van der Waals surface area contributed by atoms with E-state index in [1.807, 2.05) is 13.0 Å². The quantitative estimate of drug-likeness (QED) is 0.578. The first-order chi connectivity index (χ1) is 15.0. The number of carbonyl (C=O) groups excluding carboxylic acids is 2. The minimum atomic E-state index is -0.376. The molecule has 31 heavy (non-hydrogen) atoms. The van der Waals surface area contributed by atoms with E-state index in [9.17, 15) is 14.0 Å². The highest BCUT2D eigenvalue weighted by molar-refractivity contribution is 5.94. The highest BCUT2D eigenvalue weighted by Gasteiger charge is 2.32. The van der Waals surface area contributed by atoms with Crippen molar-refractivity contribution in [2.24, 2.45) is 5.92 Å². The molecule has 1 atom stereocenters. The number of carbonyl (C=O) groups is 2. The summed E-state index contributed by atoms with van der Waals surface area (Å²) in [5.74, 6) is 0.0214. The van der Waals surface area contributed by atoms with Gasteiger partial charge in [-0.15, -0.1) is 0 Å². The summed E-state index contributed by atoms with van der Waals surface area (Å²) in [6.45, 7) is 4.74. The Hall–Kier alpha value is -3.42. The number of rotatable bonds is 5. The lowest BCUT2D eigenvalue weighted by Crippen LogP contribution is -2.43. The summed E-state index contributed by atoms with van der Waals surface area (Å²) in [7, 11) is 0. The van der Waals surface area contributed by atoms with E-state index in [-0.39, 0.29) is 23.6 Å². The Morgan fingerprint density at radius 1 is 1.23 bits per heavy atom. The summed E-state index contributed by atoms with van der Waals surface area (Å²) >= 11 is 0. The fourth-order valence-corrected chi connectivity index (χ4v) is 3.78. The Balaban J connectivity index is 1.68. The normalized spacial score (nSPS) is 16.4. The van der Waals surface area contributed by atoms with E-state index in [4.69, 9.17) is 9.15 Å². The van der Waals surface area contributed by atoms with Gasteiger partial charge in [-0.2, -0.15) is 5.10 Å². The number of aromatic nitrogens is 2. The third-order valence-corrected chi connectivity index (χ3v) is 5.32. The fourth-order valence-electron chi connectivity index (χ4n) is 3.78. The minimum absolute atomic E-state index is 0.250. The number of ether oxygens (including phenoxy) is 1. The smallest absolute Gasteiger partial charge is 0.310 e. The number of halogens is 1. The number of esters is 1. The largest absolute Gasteiger partial charge is 0.466 e. The van der Waals surface area contributed by atoms with Gasteiger partial charge in [0.15, 0.2) is 5.76 Å². The molecule has 0 radical (unpaired) electrons. The van der Waals surface area contributed by atoms with Crippen molar-refractivity contribution >= 4 is 11.9 Å². The molecule has 4 rings (SSSR count). The summed E-state index contributed by atoms with van der Waals surface area (Å²) in [5, 5.41) is 4.55. The van der Waals surface area contributed by atoms with Crippen molar-refractivity contribution < 1.29 is 23.1 Å². The van der Waals surface area contributed by atoms with Crippen LogP contribution in [0.3, 0.4) is 0 Å². The predicted molar refractivity (Wildman–Crippen MR) is 111 cm³/mol. The number of amides is 1. The Morgan fingerprint density at radius 3 is 2.68 bits per heavy atom. The van der Waals surface area contributed by atoms with Crippen molar-refractivity contribution in [1.82, 2.24) is 14.7 Å². The average molecular weight is 425 g/mol. The average Bonchev–Trinajstić information content (AvgIpc) is 3.40. The molecule has 1 aromatic carbocycles. The van der Waals surface area contributed by atoms with Crippen molar-refractivity contribution in [1.29, 1.82) is 0 Å². The van der Waals surface area contributed by atoms with E-state index in [2.05, 4.69) is 5.10 Å². The molecular weight excluding hydrogens is 401 g/mol. The van der Waals surface area contributed by atoms with E-state index in [1.54, 1.807) is 36.1 Å². The van der Waals surface area contributed by atoms with Crippen LogP contribution in [0.4, 0.5) is 4.39 Å². The van der Waals surface area contributed by atoms with E-state index < -0.39 is 0 Å². The molecule has 0 aliphatic carbocycles. The first-order valence-corrected chi connectivity index (χ1v) is 10.3. The third kappa shape index (κ3) is 4.38. The molecule has 0 saturated carbocycles. The molecule has 3 aromatic rings. The summed E-state index contributed by atoms with van der Waals surface area (Å²) < 4.78 is 25.7. The van der Waals surface area contributed by atoms with E-state index in [1.165, 1.54) is 16.8 Å². The molecule has 162 valence electrons. The van der Waals surface area contributed by atoms with Crippen LogP contribution in [0.1, 0.15) is 36.0 Å². The Kier molecular flexibility index (Phi) is 5.88. The van der Waals surface area contributed by atoms with Gasteiger partial charge in [0, 0.05) is 19.2 Å². The molecule has 7 nitrogen and oxygen atoms in total. The van der Waals surface area contributed by atoms with Crippen LogP contribution in [-0.4, -0.2) is 46.3 Å². The van der Waals surface area contributed by atoms with Crippen LogP contribution in [0, 0.1) is 18.7 Å². The highest BCUT2D eigenvalue weighted by atomic mass is 19.1. The highest BCUT2D eigenvalue weighted by Crippen LogP contribution is 2.26. The molecule has 1 aliphatic rings. The van der Waals surface area contributed by atoms with Crippen molar-refractivity contribution in [3.05, 3.63) is 59.7 Å². The van der Waals surface area contributed by atoms with Crippen LogP contribution in [0.2, 0.25) is 0 Å². The molecule has 1 amide bonds. The van der Waals surface area contributed by atoms with Gasteiger partial charge in [-0.1, -0.05) is 0 Å². The van der Waals surface area contributed by atoms with Crippen molar-refractivity contribution in [3.63, 3.8) is 0 Å². The second kappa shape index (κ2) is 8.75. The number of hydrogen-bond donors (Lipinski definition) is 0. The first kappa shape index (κ1) is 20.8. The number of likely N-dealkylation sites (tertiary alicyclic amines) is 1. The van der Waals surface area contributed by atoms with Gasteiger partial charge in [0.05, 0.1) is 18.2 Å². The summed E-state index contributed by atoms with van der Waals surface area (Å²) in [6, 6.07) is 11.0. The topological polar surface area (TPSA) is 77.6 Å². The van der Waals surface area contributed by atoms with Crippen LogP contribution >= 0.6 is 0 Å². The molecule has 1 saturated heterocycles. The standard InChI is InChI=1S/C23H24FN3O4/c1-3-30-23(29)16-5-4-12-26(14-16)22(28)20-13-19(21-11-6-15(2)31-21)25-27(20)18-9-7-17(24)8-10-18/h6-11,13,16H,3-5,12,14H2,1-2H3. The van der Waals surface area contributed by atoms with Gasteiger partial charge in [0.2, 0.25) is 0 Å². The zero-order chi connectivity index (χ0) is 22.0. The van der Waals surface area contributed by atoms with E-state index >= 15 is 0 Å². The number of nitrogens with zero attached hydrogens (tertiary/aromatic N) is 3. The molecule has 0 spiro atoms. The van der Waals surface area contributed by atoms with Crippen LogP contribution in [0.15, 0.2) is 46.9 Å². The molecule has 1 aliphatic heterocycles. The van der Waals surface area contributed by atoms with Gasteiger partial charge in [-0.05, 0) is 63.1 Å². The molecule has 0 N–H and O–H groups in total. The molecule has 1 unspecified atom stereocenters. The Labute approximate surface area is 179 Å². The molecule has 8 heteroatoms. The van der Waals surface area contributed by atoms with E-state index in [0.717, 1.165) is 5.76 Å². The Bertz CT molecular complexity index is 1090. The zero-order valence-electron chi connectivity index (χ0n) is 17.5. The second-order valence-electron chi connectivity index (χ2n) is 7.56. The second-order valence-corrected chi connectivity index (χ2v) is 7.56. The molecule has 1 fully saturated rings. The molecule has 3 heterocycles. The van der Waals surface area contributed by atoms with E-state index in [0.29, 0.717) is 55.4 Å². The lowest BCUT2D eigenvalue weighted by Gasteiger charge is -2.31. The molecular formula is C23H24FN3O4. The summed E-state index contributed by atoms with van der Waals surface area (Å²) in [4.78, 5) is 27.3. The Morgan fingerprint density at radius 2 is 2.00 bits per heavy atom. The van der Waals surface area contributed by atoms with Crippen LogP contribution in [0.5, 0.6) is 0 Å². The number of benzene rings is 1. The monoisotopic (exact) mass is 425 g/mol. The van der Waals surface area contributed by atoms with Gasteiger partial charge in [-0.25, -0.2) is 9.07 Å². The number of piperidine rings is 1. The van der Waals surface area contributed by atoms with Gasteiger partial charge in [0.1, 0.15) is 23.0 Å². The fraction of sp³-hybridized carbons (Fsp3) is 0.348. The molecule has 2 aromatic heterocycles. The van der Waals surface area contributed by atoms with Gasteiger partial charge >= 0.3 is 5.97 Å². The lowest BCUT2D eigenvalue weighted by molar-refractivity contribution is -0.149. The maximum absolute atomic E-state index is 13.4. The minimum Gasteiger partial charge on any atom is -0.466 e. The third-order valence-electron chi connectivity index (χ3n) is 5.32. The number of aryl methyl sites for hydroxylation is 1. The number of hydrogen-bond acceptors (Lipinski definition) is 5. The van der Waals surface area contributed by atoms with Crippen molar-refractivity contribution in [2.75, 3.05) is 19.7 Å². The maximum atomic E-state index is 13.4. The van der Waals surface area contributed by atoms with Crippen LogP contribution < -0.4 is 0 Å². The summed E-state index contributed by atoms with van der Waals surface area (Å²) in [6.07, 6.45) is 1.40. The first-order valence-electron chi connectivity index (χ1n) is 10.3. The SMILES string of the molecule is CCOC(=O)C1CCCN(C(=O)c2cc(-c3ccc(C)o3)nn2-c2ccc(F)cc2)C1. The molecule has 0 bridgehead atoms. The van der Waals surface area contributed by atoms with Gasteiger partial charge in [-0.3, -0.25) is 9.59 Å². The number of furan rings is 1. The van der Waals surface area contributed by atoms with Gasteiger partial charge < -0.3 is 14.1 Å². The van der Waals surface area contributed by atoms with Crippen molar-refractivity contribution in [3.8, 4) is 17.1 Å². The van der Waals surface area contributed by atoms with Crippen LogP contribution in [-0.2, 0) is 9.53 Å². The summed E-state index contributed by atoms with van der Waals surface area (Å²) in [5.41, 5.74) is 1.37. The van der Waals surface area contributed by atoms with Gasteiger partial charge in [0.25, 0.3) is 5.91 Å². The predicted octanol–water partition coefficient (Wildman–Crippen LogP) is 4.00. The van der Waals surface area contributed by atoms with Crippen LogP contribution in [0.25, 0.3) is 17.1 Å². The zero-order valence-corrected chi connectivity index (χ0v) is 17.5.